The molecule has 204 valence electrons. The second-order valence-electron chi connectivity index (χ2n) is 10.7. The summed E-state index contributed by atoms with van der Waals surface area (Å²) in [5, 5.41) is 6.23. The fraction of sp³-hybridized carbons (Fsp3) is 0.533. The van der Waals surface area contributed by atoms with Gasteiger partial charge in [0.25, 0.3) is 0 Å². The van der Waals surface area contributed by atoms with Crippen LogP contribution in [0, 0.1) is 11.8 Å². The normalized spacial score (nSPS) is 23.1. The van der Waals surface area contributed by atoms with Gasteiger partial charge in [-0.05, 0) is 79.5 Å². The van der Waals surface area contributed by atoms with Gasteiger partial charge in [0.15, 0.2) is 11.5 Å². The summed E-state index contributed by atoms with van der Waals surface area (Å²) in [4.78, 5) is 28.9. The van der Waals surface area contributed by atoms with Crippen molar-refractivity contribution in [2.45, 2.75) is 51.2 Å². The van der Waals surface area contributed by atoms with E-state index in [1.54, 1.807) is 14.2 Å². The van der Waals surface area contributed by atoms with Gasteiger partial charge in [-0.15, -0.1) is 0 Å². The monoisotopic (exact) mass is 521 g/mol. The lowest BCUT2D eigenvalue weighted by Crippen LogP contribution is -2.49. The summed E-state index contributed by atoms with van der Waals surface area (Å²) in [5.74, 6) is 0.730. The standard InChI is InChI=1S/C30H39N3O5/c1-36-27-11-8-20(13-28(27)37-2)17-33-18-23(29(34)31-16-26-7-4-12-38-26)14-24(19-33)30(35)32-25-10-9-21-5-3-6-22(21)15-25/h8-11,13,15,23-24,26H,3-7,12,14,16-19H2,1-2H3,(H,31,34)(H,32,35)/t23-,24+,26-/m0/s1. The smallest absolute Gasteiger partial charge is 0.228 e. The van der Waals surface area contributed by atoms with Crippen molar-refractivity contribution in [3.8, 4) is 11.5 Å². The van der Waals surface area contributed by atoms with Crippen molar-refractivity contribution in [1.82, 2.24) is 10.2 Å². The Balaban J connectivity index is 1.29. The van der Waals surface area contributed by atoms with Crippen LogP contribution in [0.4, 0.5) is 5.69 Å². The average molecular weight is 522 g/mol. The van der Waals surface area contributed by atoms with Crippen molar-refractivity contribution in [2.24, 2.45) is 11.8 Å². The van der Waals surface area contributed by atoms with Gasteiger partial charge in [0.1, 0.15) is 0 Å². The Morgan fingerprint density at radius 2 is 1.74 bits per heavy atom. The highest BCUT2D eigenvalue weighted by Gasteiger charge is 2.35. The number of hydrogen-bond acceptors (Lipinski definition) is 6. The van der Waals surface area contributed by atoms with E-state index in [-0.39, 0.29) is 29.8 Å². The molecule has 0 unspecified atom stereocenters. The molecule has 38 heavy (non-hydrogen) atoms. The molecule has 0 aromatic heterocycles. The number of nitrogens with zero attached hydrogens (tertiary/aromatic N) is 1. The minimum Gasteiger partial charge on any atom is -0.493 e. The zero-order valence-electron chi connectivity index (χ0n) is 22.5. The lowest BCUT2D eigenvalue weighted by Gasteiger charge is -2.36. The Kier molecular flexibility index (Phi) is 8.49. The minimum absolute atomic E-state index is 0.00663. The molecule has 8 nitrogen and oxygen atoms in total. The van der Waals surface area contributed by atoms with Gasteiger partial charge in [0.2, 0.25) is 11.8 Å². The van der Waals surface area contributed by atoms with Gasteiger partial charge in [-0.25, -0.2) is 0 Å². The van der Waals surface area contributed by atoms with Crippen LogP contribution in [0.2, 0.25) is 0 Å². The molecule has 2 aliphatic heterocycles. The number of ether oxygens (including phenoxy) is 3. The molecule has 3 aliphatic rings. The summed E-state index contributed by atoms with van der Waals surface area (Å²) in [6, 6.07) is 12.1. The number of carbonyl (C=O) groups excluding carboxylic acids is 2. The molecule has 2 saturated heterocycles. The van der Waals surface area contributed by atoms with Crippen molar-refractivity contribution in [2.75, 3.05) is 45.8 Å². The van der Waals surface area contributed by atoms with Crippen molar-refractivity contribution in [1.29, 1.82) is 0 Å². The van der Waals surface area contributed by atoms with Crippen LogP contribution < -0.4 is 20.1 Å². The van der Waals surface area contributed by atoms with Crippen LogP contribution >= 0.6 is 0 Å². The number of nitrogens with one attached hydrogen (secondary N) is 2. The van der Waals surface area contributed by atoms with Crippen LogP contribution in [-0.4, -0.2) is 63.3 Å². The average Bonchev–Trinajstić information content (AvgIpc) is 3.63. The van der Waals surface area contributed by atoms with Gasteiger partial charge < -0.3 is 24.8 Å². The van der Waals surface area contributed by atoms with Gasteiger partial charge in [0.05, 0.1) is 32.2 Å². The van der Waals surface area contributed by atoms with Crippen LogP contribution in [0.3, 0.4) is 0 Å². The first-order valence-electron chi connectivity index (χ1n) is 13.8. The number of fused-ring (bicyclic) bond motifs is 1. The highest BCUT2D eigenvalue weighted by molar-refractivity contribution is 5.93. The van der Waals surface area contributed by atoms with Crippen LogP contribution in [0.15, 0.2) is 36.4 Å². The second-order valence-corrected chi connectivity index (χ2v) is 10.7. The molecule has 2 fully saturated rings. The van der Waals surface area contributed by atoms with Crippen LogP contribution in [0.1, 0.15) is 42.4 Å². The van der Waals surface area contributed by atoms with Crippen molar-refractivity contribution >= 4 is 17.5 Å². The summed E-state index contributed by atoms with van der Waals surface area (Å²) in [5.41, 5.74) is 4.59. The van der Waals surface area contributed by atoms with E-state index >= 15 is 0 Å². The number of aryl methyl sites for hydroxylation is 2. The van der Waals surface area contributed by atoms with Crippen LogP contribution in [-0.2, 0) is 33.7 Å². The topological polar surface area (TPSA) is 89.1 Å². The fourth-order valence-electron chi connectivity index (χ4n) is 5.99. The number of amides is 2. The molecule has 0 spiro atoms. The molecular formula is C30H39N3O5. The van der Waals surface area contributed by atoms with Gasteiger partial charge in [-0.2, -0.15) is 0 Å². The van der Waals surface area contributed by atoms with E-state index in [0.29, 0.717) is 44.1 Å². The third-order valence-electron chi connectivity index (χ3n) is 8.02. The number of carbonyl (C=O) groups is 2. The van der Waals surface area contributed by atoms with Crippen molar-refractivity contribution in [3.63, 3.8) is 0 Å². The molecule has 2 N–H and O–H groups in total. The van der Waals surface area contributed by atoms with Crippen LogP contribution in [0.25, 0.3) is 0 Å². The molecule has 0 bridgehead atoms. The molecular weight excluding hydrogens is 482 g/mol. The van der Waals surface area contributed by atoms with Gasteiger partial charge in [-0.3, -0.25) is 14.5 Å². The Morgan fingerprint density at radius 3 is 2.50 bits per heavy atom. The highest BCUT2D eigenvalue weighted by atomic mass is 16.5. The first-order valence-corrected chi connectivity index (χ1v) is 13.8. The van der Waals surface area contributed by atoms with E-state index in [9.17, 15) is 9.59 Å². The molecule has 2 amide bonds. The highest BCUT2D eigenvalue weighted by Crippen LogP contribution is 2.31. The number of hydrogen-bond donors (Lipinski definition) is 2. The minimum atomic E-state index is -0.296. The SMILES string of the molecule is COc1ccc(CN2C[C@@H](C(=O)NC[C@@H]3CCCO3)C[C@@H](C(=O)Nc3ccc4c(c3)CCC4)C2)cc1OC. The fourth-order valence-corrected chi connectivity index (χ4v) is 5.99. The Morgan fingerprint density at radius 1 is 0.947 bits per heavy atom. The molecule has 2 aromatic rings. The molecule has 0 saturated carbocycles. The lowest BCUT2D eigenvalue weighted by molar-refractivity contribution is -0.130. The van der Waals surface area contributed by atoms with E-state index < -0.39 is 0 Å². The number of piperidine rings is 1. The number of likely N-dealkylation sites (tertiary alicyclic amines) is 1. The molecule has 0 radical (unpaired) electrons. The first kappa shape index (κ1) is 26.5. The van der Waals surface area contributed by atoms with E-state index in [0.717, 1.165) is 43.5 Å². The first-order chi connectivity index (χ1) is 18.5. The Bertz CT molecular complexity index is 1150. The molecule has 3 atom stereocenters. The van der Waals surface area contributed by atoms with E-state index in [4.69, 9.17) is 14.2 Å². The summed E-state index contributed by atoms with van der Waals surface area (Å²) in [6.45, 7) is 3.07. The predicted octanol–water partition coefficient (Wildman–Crippen LogP) is 3.56. The maximum Gasteiger partial charge on any atom is 0.228 e. The van der Waals surface area contributed by atoms with Gasteiger partial charge in [-0.1, -0.05) is 12.1 Å². The van der Waals surface area contributed by atoms with Crippen molar-refractivity contribution < 1.29 is 23.8 Å². The molecule has 5 rings (SSSR count). The van der Waals surface area contributed by atoms with Gasteiger partial charge >= 0.3 is 0 Å². The molecule has 8 heteroatoms. The maximum absolute atomic E-state index is 13.5. The lowest BCUT2D eigenvalue weighted by atomic mass is 9.87. The van der Waals surface area contributed by atoms with Gasteiger partial charge in [0, 0.05) is 38.5 Å². The molecule has 1 aliphatic carbocycles. The van der Waals surface area contributed by atoms with E-state index in [2.05, 4.69) is 27.7 Å². The van der Waals surface area contributed by atoms with E-state index in [1.165, 1.54) is 17.5 Å². The third-order valence-corrected chi connectivity index (χ3v) is 8.02. The number of anilines is 1. The van der Waals surface area contributed by atoms with Crippen LogP contribution in [0.5, 0.6) is 11.5 Å². The number of rotatable bonds is 9. The Hall–Kier alpha value is -3.10. The van der Waals surface area contributed by atoms with Crippen molar-refractivity contribution in [3.05, 3.63) is 53.1 Å². The number of benzene rings is 2. The zero-order valence-corrected chi connectivity index (χ0v) is 22.5. The zero-order chi connectivity index (χ0) is 26.5. The largest absolute Gasteiger partial charge is 0.493 e. The molecule has 2 aromatic carbocycles. The maximum atomic E-state index is 13.5. The summed E-state index contributed by atoms with van der Waals surface area (Å²) in [7, 11) is 3.24. The third kappa shape index (κ3) is 6.30. The summed E-state index contributed by atoms with van der Waals surface area (Å²) in [6.07, 6.45) is 5.97. The molecule has 2 heterocycles. The Labute approximate surface area is 225 Å². The quantitative estimate of drug-likeness (QED) is 0.525. The summed E-state index contributed by atoms with van der Waals surface area (Å²) >= 11 is 0. The van der Waals surface area contributed by atoms with E-state index in [1.807, 2.05) is 24.3 Å². The summed E-state index contributed by atoms with van der Waals surface area (Å²) < 4.78 is 16.5. The second kappa shape index (κ2) is 12.2. The predicted molar refractivity (Wildman–Crippen MR) is 146 cm³/mol. The number of methoxy groups -OCH3 is 2.